The largest absolute Gasteiger partial charge is 0.412 e. The van der Waals surface area contributed by atoms with Gasteiger partial charge < -0.3 is 20.8 Å². The van der Waals surface area contributed by atoms with E-state index >= 15 is 0 Å². The van der Waals surface area contributed by atoms with Crippen LogP contribution in [0.2, 0.25) is 0 Å². The molecule has 4 rings (SSSR count). The van der Waals surface area contributed by atoms with Crippen LogP contribution >= 0.6 is 0 Å². The van der Waals surface area contributed by atoms with Crippen molar-refractivity contribution in [3.05, 3.63) is 0 Å². The number of rotatable bonds is 3. The topological polar surface area (TPSA) is 69.5 Å². The van der Waals surface area contributed by atoms with Crippen molar-refractivity contribution in [1.82, 2.24) is 9.80 Å². The molecule has 4 nitrogen and oxygen atoms in total. The van der Waals surface area contributed by atoms with E-state index in [1.807, 2.05) is 0 Å². The van der Waals surface area contributed by atoms with Crippen molar-refractivity contribution in [3.8, 4) is 0 Å². The molecule has 4 N–H and O–H groups in total. The van der Waals surface area contributed by atoms with Gasteiger partial charge in [0.05, 0.1) is 0 Å². The lowest BCUT2D eigenvalue weighted by Crippen LogP contribution is -2.34. The van der Waals surface area contributed by atoms with Crippen molar-refractivity contribution in [3.63, 3.8) is 0 Å². The summed E-state index contributed by atoms with van der Waals surface area (Å²) in [5, 5.41) is 0. The Bertz CT molecular complexity index is 285. The van der Waals surface area contributed by atoms with Crippen LogP contribution in [0.1, 0.15) is 117 Å². The van der Waals surface area contributed by atoms with E-state index in [1.54, 1.807) is 0 Å². The van der Waals surface area contributed by atoms with Gasteiger partial charge in [-0.1, -0.05) is 65.2 Å². The van der Waals surface area contributed by atoms with E-state index < -0.39 is 0 Å². The van der Waals surface area contributed by atoms with Gasteiger partial charge in [-0.3, -0.25) is 0 Å². The highest BCUT2D eigenvalue weighted by molar-refractivity contribution is 4.79. The van der Waals surface area contributed by atoms with Gasteiger partial charge in [0.25, 0.3) is 0 Å². The molecule has 2 saturated carbocycles. The summed E-state index contributed by atoms with van der Waals surface area (Å²) in [6.45, 7) is 9.94. The number of likely N-dealkylation sites (tertiary alicyclic amines) is 2. The fourth-order valence-electron chi connectivity index (χ4n) is 5.11. The van der Waals surface area contributed by atoms with Gasteiger partial charge in [-0.05, 0) is 77.5 Å². The van der Waals surface area contributed by atoms with Crippen molar-refractivity contribution >= 4 is 0 Å². The molecule has 0 aromatic rings. The van der Waals surface area contributed by atoms with Crippen LogP contribution in [0, 0.1) is 0 Å². The maximum atomic E-state index is 2.72. The molecule has 0 spiro atoms. The fraction of sp³-hybridized carbons (Fsp3) is 1.00. The zero-order chi connectivity index (χ0) is 18.5. The third kappa shape index (κ3) is 10.6. The monoisotopic (exact) mass is 400 g/mol. The van der Waals surface area contributed by atoms with Crippen LogP contribution in [0.5, 0.6) is 0 Å². The molecule has 0 amide bonds. The molecule has 0 atom stereocenters. The number of nitrogens with zero attached hydrogens (tertiary/aromatic N) is 2. The van der Waals surface area contributed by atoms with E-state index in [-0.39, 0.29) is 11.0 Å². The van der Waals surface area contributed by atoms with Crippen molar-refractivity contribution in [1.29, 1.82) is 0 Å². The first-order valence-corrected chi connectivity index (χ1v) is 12.3. The Morgan fingerprint density at radius 3 is 1.00 bits per heavy atom. The molecule has 0 radical (unpaired) electrons. The summed E-state index contributed by atoms with van der Waals surface area (Å²) in [7, 11) is 0. The van der Waals surface area contributed by atoms with E-state index in [1.165, 1.54) is 129 Å². The maximum absolute atomic E-state index is 2.72. The van der Waals surface area contributed by atoms with Crippen LogP contribution in [-0.2, 0) is 0 Å². The van der Waals surface area contributed by atoms with E-state index in [0.29, 0.717) is 0 Å². The predicted octanol–water partition coefficient (Wildman–Crippen LogP) is 4.99. The quantitative estimate of drug-likeness (QED) is 0.670. The molecule has 2 aliphatic carbocycles. The van der Waals surface area contributed by atoms with Gasteiger partial charge in [0.1, 0.15) is 0 Å². The molecule has 4 fully saturated rings. The van der Waals surface area contributed by atoms with Gasteiger partial charge in [0.15, 0.2) is 0 Å². The summed E-state index contributed by atoms with van der Waals surface area (Å²) in [6, 6.07) is 1.96. The molecule has 170 valence electrons. The second-order valence-electron chi connectivity index (χ2n) is 9.07. The maximum Gasteiger partial charge on any atom is 0.00952 e. The standard InChI is InChI=1S/2C10H19N.C4H10.2H2O/c2*1-2-6-10(7-3-1)11-8-4-5-9-11;1-3-4-2;;/h2*10H,1-9H2;3-4H2,1-2H3;2*1H2. The van der Waals surface area contributed by atoms with Gasteiger partial charge in [-0.15, -0.1) is 0 Å². The van der Waals surface area contributed by atoms with E-state index in [4.69, 9.17) is 0 Å². The average molecular weight is 401 g/mol. The van der Waals surface area contributed by atoms with Crippen LogP contribution in [0.4, 0.5) is 0 Å². The Balaban J connectivity index is 0.000000415. The van der Waals surface area contributed by atoms with Gasteiger partial charge in [-0.25, -0.2) is 0 Å². The molecule has 0 unspecified atom stereocenters. The fourth-order valence-corrected chi connectivity index (χ4v) is 5.11. The van der Waals surface area contributed by atoms with E-state index in [0.717, 1.165) is 12.1 Å². The molecule has 0 aromatic heterocycles. The molecule has 4 heteroatoms. The van der Waals surface area contributed by atoms with Gasteiger partial charge in [0, 0.05) is 12.1 Å². The zero-order valence-electron chi connectivity index (χ0n) is 19.2. The van der Waals surface area contributed by atoms with Crippen molar-refractivity contribution in [2.75, 3.05) is 26.2 Å². The minimum Gasteiger partial charge on any atom is -0.412 e. The molecular weight excluding hydrogens is 348 g/mol. The Labute approximate surface area is 176 Å². The van der Waals surface area contributed by atoms with Gasteiger partial charge in [0.2, 0.25) is 0 Å². The van der Waals surface area contributed by atoms with Crippen LogP contribution < -0.4 is 0 Å². The lowest BCUT2D eigenvalue weighted by atomic mass is 9.94. The predicted molar refractivity (Wildman–Crippen MR) is 123 cm³/mol. The first-order valence-electron chi connectivity index (χ1n) is 12.3. The molecule has 4 aliphatic rings. The Morgan fingerprint density at radius 1 is 0.464 bits per heavy atom. The highest BCUT2D eigenvalue weighted by atomic mass is 16.0. The van der Waals surface area contributed by atoms with Crippen LogP contribution in [-0.4, -0.2) is 59.0 Å². The molecule has 2 aliphatic heterocycles. The first kappa shape index (κ1) is 27.8. The van der Waals surface area contributed by atoms with Gasteiger partial charge >= 0.3 is 0 Å². The first-order chi connectivity index (χ1) is 12.8. The third-order valence-corrected chi connectivity index (χ3v) is 6.96. The molecule has 28 heavy (non-hydrogen) atoms. The average Bonchev–Trinajstić information content (AvgIpc) is 3.44. The normalized spacial score (nSPS) is 24.2. The lowest BCUT2D eigenvalue weighted by molar-refractivity contribution is 0.191. The Hall–Kier alpha value is -0.160. The smallest absolute Gasteiger partial charge is 0.00952 e. The van der Waals surface area contributed by atoms with Crippen molar-refractivity contribution in [2.45, 2.75) is 129 Å². The SMILES string of the molecule is C1CCC(N2CCCC2)CC1.C1CCC(N2CCCC2)CC1.CCCC.O.O. The molecule has 2 saturated heterocycles. The Morgan fingerprint density at radius 2 is 0.750 bits per heavy atom. The summed E-state index contributed by atoms with van der Waals surface area (Å²) in [5.74, 6) is 0. The molecular formula is C24H52N2O2. The molecule has 2 heterocycles. The summed E-state index contributed by atoms with van der Waals surface area (Å²) in [5.41, 5.74) is 0. The minimum atomic E-state index is 0. The summed E-state index contributed by atoms with van der Waals surface area (Å²) in [4.78, 5) is 5.44. The molecule has 0 bridgehead atoms. The van der Waals surface area contributed by atoms with Crippen molar-refractivity contribution in [2.24, 2.45) is 0 Å². The summed E-state index contributed by atoms with van der Waals surface area (Å²) >= 11 is 0. The number of unbranched alkanes of at least 4 members (excludes halogenated alkanes) is 1. The van der Waals surface area contributed by atoms with Crippen LogP contribution in [0.3, 0.4) is 0 Å². The summed E-state index contributed by atoms with van der Waals surface area (Å²) in [6.07, 6.45) is 23.3. The second kappa shape index (κ2) is 17.7. The third-order valence-electron chi connectivity index (χ3n) is 6.96. The molecule has 0 aromatic carbocycles. The van der Waals surface area contributed by atoms with Gasteiger partial charge in [-0.2, -0.15) is 0 Å². The lowest BCUT2D eigenvalue weighted by Gasteiger charge is -2.30. The highest BCUT2D eigenvalue weighted by Gasteiger charge is 2.23. The Kier molecular flexibility index (Phi) is 17.6. The highest BCUT2D eigenvalue weighted by Crippen LogP contribution is 2.26. The van der Waals surface area contributed by atoms with Crippen LogP contribution in [0.25, 0.3) is 0 Å². The zero-order valence-corrected chi connectivity index (χ0v) is 19.2. The van der Waals surface area contributed by atoms with E-state index in [2.05, 4.69) is 23.6 Å². The van der Waals surface area contributed by atoms with E-state index in [9.17, 15) is 0 Å². The summed E-state index contributed by atoms with van der Waals surface area (Å²) < 4.78 is 0. The number of hydrogen-bond acceptors (Lipinski definition) is 2. The van der Waals surface area contributed by atoms with Crippen LogP contribution in [0.15, 0.2) is 0 Å². The van der Waals surface area contributed by atoms with Crippen molar-refractivity contribution < 1.29 is 11.0 Å². The second-order valence-corrected chi connectivity index (χ2v) is 9.07. The minimum absolute atomic E-state index is 0. The number of hydrogen-bond donors (Lipinski definition) is 0.